The molecule has 3 heteroatoms. The molecule has 0 unspecified atom stereocenters. The summed E-state index contributed by atoms with van der Waals surface area (Å²) in [6.07, 6.45) is 2.27. The zero-order chi connectivity index (χ0) is 30.4. The van der Waals surface area contributed by atoms with Crippen LogP contribution in [0, 0.1) is 13.8 Å². The summed E-state index contributed by atoms with van der Waals surface area (Å²) in [5, 5.41) is 0. The number of fused-ring (bicyclic) bond motifs is 1. The molecule has 0 spiro atoms. The summed E-state index contributed by atoms with van der Waals surface area (Å²) >= 11 is 0. The van der Waals surface area contributed by atoms with E-state index in [4.69, 9.17) is 0 Å². The Kier molecular flexibility index (Phi) is 7.52. The largest absolute Gasteiger partial charge is 0.295 e. The second kappa shape index (κ2) is 11.3. The summed E-state index contributed by atoms with van der Waals surface area (Å²) < 4.78 is 7.20. The zero-order valence-corrected chi connectivity index (χ0v) is 26.8. The summed E-state index contributed by atoms with van der Waals surface area (Å²) in [5.74, 6) is 1.99. The van der Waals surface area contributed by atoms with Crippen molar-refractivity contribution < 1.29 is 9.13 Å². The van der Waals surface area contributed by atoms with Crippen molar-refractivity contribution >= 4 is 11.0 Å². The van der Waals surface area contributed by atoms with Crippen molar-refractivity contribution in [1.82, 2.24) is 4.57 Å². The van der Waals surface area contributed by atoms with Crippen LogP contribution in [0.2, 0.25) is 0 Å². The van der Waals surface area contributed by atoms with Crippen LogP contribution in [-0.4, -0.2) is 4.57 Å². The minimum atomic E-state index is 0.394. The van der Waals surface area contributed by atoms with Crippen LogP contribution in [0.25, 0.3) is 50.5 Å². The number of imidazole rings is 1. The highest BCUT2D eigenvalue weighted by molar-refractivity contribution is 5.83. The van der Waals surface area contributed by atoms with E-state index < -0.39 is 0 Å². The minimum Gasteiger partial charge on any atom is -0.225 e. The molecule has 0 N–H and O–H groups in total. The van der Waals surface area contributed by atoms with Crippen LogP contribution in [0.4, 0.5) is 0 Å². The van der Waals surface area contributed by atoms with Gasteiger partial charge in [-0.3, -0.25) is 0 Å². The quantitative estimate of drug-likeness (QED) is 0.179. The highest BCUT2D eigenvalue weighted by Gasteiger charge is 2.32. The van der Waals surface area contributed by atoms with E-state index in [9.17, 15) is 0 Å². The van der Waals surface area contributed by atoms with Gasteiger partial charge in [0, 0.05) is 28.3 Å². The second-order valence-electron chi connectivity index (χ2n) is 12.5. The Morgan fingerprint density at radius 1 is 0.628 bits per heavy atom. The summed E-state index contributed by atoms with van der Waals surface area (Å²) in [6, 6.07) is 35.5. The average Bonchev–Trinajstić information content (AvgIpc) is 3.30. The molecule has 0 bridgehead atoms. The first-order valence-electron chi connectivity index (χ1n) is 15.5. The van der Waals surface area contributed by atoms with Crippen molar-refractivity contribution in [2.24, 2.45) is 14.1 Å². The first-order chi connectivity index (χ1) is 20.7. The third-order valence-corrected chi connectivity index (χ3v) is 9.00. The Hall–Kier alpha value is -4.50. The van der Waals surface area contributed by atoms with E-state index in [1.807, 2.05) is 0 Å². The Bertz CT molecular complexity index is 1930. The predicted octanol–water partition coefficient (Wildman–Crippen LogP) is 9.14. The Labute approximate surface area is 256 Å². The number of pyridine rings is 1. The average molecular weight is 566 g/mol. The minimum absolute atomic E-state index is 0.394. The fourth-order valence-corrected chi connectivity index (χ4v) is 6.71. The molecule has 6 rings (SSSR count). The van der Waals surface area contributed by atoms with Crippen LogP contribution in [0.15, 0.2) is 103 Å². The van der Waals surface area contributed by atoms with Gasteiger partial charge in [-0.25, -0.2) is 9.13 Å². The second-order valence-corrected chi connectivity index (χ2v) is 12.5. The Balaban J connectivity index is 1.63. The lowest BCUT2D eigenvalue weighted by Crippen LogP contribution is -2.32. The van der Waals surface area contributed by atoms with E-state index in [2.05, 4.69) is 173 Å². The van der Waals surface area contributed by atoms with Gasteiger partial charge in [0.05, 0.1) is 12.6 Å². The first kappa shape index (κ1) is 28.6. The Morgan fingerprint density at radius 3 is 1.91 bits per heavy atom. The maximum Gasteiger partial charge on any atom is 0.295 e. The smallest absolute Gasteiger partial charge is 0.225 e. The fourth-order valence-electron chi connectivity index (χ4n) is 6.71. The van der Waals surface area contributed by atoms with Gasteiger partial charge in [-0.1, -0.05) is 94.4 Å². The van der Waals surface area contributed by atoms with Gasteiger partial charge in [-0.2, -0.15) is 4.57 Å². The molecule has 0 aliphatic carbocycles. The van der Waals surface area contributed by atoms with Gasteiger partial charge >= 0.3 is 0 Å². The molecular weight excluding hydrogens is 522 g/mol. The summed E-state index contributed by atoms with van der Waals surface area (Å²) in [4.78, 5) is 0. The van der Waals surface area contributed by atoms with Crippen LogP contribution in [0.5, 0.6) is 0 Å². The summed E-state index contributed by atoms with van der Waals surface area (Å²) in [7, 11) is 4.38. The maximum atomic E-state index is 2.54. The molecule has 0 saturated heterocycles. The molecule has 0 saturated carbocycles. The van der Waals surface area contributed by atoms with Gasteiger partial charge in [0.15, 0.2) is 17.2 Å². The molecular formula is C40H43N3+2. The molecule has 0 amide bonds. The monoisotopic (exact) mass is 565 g/mol. The van der Waals surface area contributed by atoms with Crippen molar-refractivity contribution in [3.8, 4) is 39.5 Å². The molecule has 0 radical (unpaired) electrons. The highest BCUT2D eigenvalue weighted by Crippen LogP contribution is 2.38. The third kappa shape index (κ3) is 4.87. The van der Waals surface area contributed by atoms with Crippen LogP contribution < -0.4 is 9.13 Å². The van der Waals surface area contributed by atoms with Crippen molar-refractivity contribution in [2.75, 3.05) is 0 Å². The van der Waals surface area contributed by atoms with Crippen molar-refractivity contribution in [2.45, 2.75) is 53.4 Å². The molecule has 6 aromatic rings. The molecule has 0 aliphatic heterocycles. The molecule has 216 valence electrons. The van der Waals surface area contributed by atoms with E-state index in [-0.39, 0.29) is 0 Å². The maximum absolute atomic E-state index is 2.54. The van der Waals surface area contributed by atoms with Crippen molar-refractivity contribution in [3.63, 3.8) is 0 Å². The number of hydrogen-bond acceptors (Lipinski definition) is 0. The molecule has 0 fully saturated rings. The molecule has 3 nitrogen and oxygen atoms in total. The van der Waals surface area contributed by atoms with Crippen molar-refractivity contribution in [1.29, 1.82) is 0 Å². The van der Waals surface area contributed by atoms with E-state index in [1.54, 1.807) is 0 Å². The third-order valence-electron chi connectivity index (χ3n) is 9.00. The SMILES string of the molecule is Cc1cc(-c2cccc(-c3n(-c4c(C(C)C)cccc4C(C)C)c4ccccc4[n+]3C)c2C)[n+](C)cc1-c1ccccc1. The Morgan fingerprint density at radius 2 is 1.23 bits per heavy atom. The topological polar surface area (TPSA) is 12.7 Å². The number of aryl methyl sites for hydroxylation is 3. The van der Waals surface area contributed by atoms with E-state index in [0.717, 1.165) is 0 Å². The van der Waals surface area contributed by atoms with Gasteiger partial charge in [0.25, 0.3) is 5.82 Å². The van der Waals surface area contributed by atoms with E-state index in [1.165, 1.54) is 72.7 Å². The lowest BCUT2D eigenvalue weighted by Gasteiger charge is -2.19. The normalized spacial score (nSPS) is 11.7. The molecule has 43 heavy (non-hydrogen) atoms. The standard InChI is InChI=1S/C40H43N3/c1-26(2)31-18-14-19-32(27(3)4)39(31)43-37-23-13-12-22-36(37)42(8)40(43)34-21-15-20-33(29(34)6)38-24-28(5)35(25-41(38)7)30-16-10-9-11-17-30/h9-27H,1-8H3/q+2. The van der Waals surface area contributed by atoms with Gasteiger partial charge in [-0.15, -0.1) is 0 Å². The number of aromatic nitrogens is 3. The predicted molar refractivity (Wildman–Crippen MR) is 180 cm³/mol. The zero-order valence-electron chi connectivity index (χ0n) is 26.8. The van der Waals surface area contributed by atoms with Gasteiger partial charge < -0.3 is 0 Å². The number of benzene rings is 4. The number of hydrogen-bond donors (Lipinski definition) is 0. The van der Waals surface area contributed by atoms with Crippen LogP contribution >= 0.6 is 0 Å². The summed E-state index contributed by atoms with van der Waals surface area (Å²) in [5.41, 5.74) is 15.3. The summed E-state index contributed by atoms with van der Waals surface area (Å²) in [6.45, 7) is 13.7. The molecule has 0 atom stereocenters. The number of rotatable bonds is 6. The first-order valence-corrected chi connectivity index (χ1v) is 15.5. The molecule has 2 heterocycles. The van der Waals surface area contributed by atoms with Crippen molar-refractivity contribution in [3.05, 3.63) is 126 Å². The lowest BCUT2D eigenvalue weighted by molar-refractivity contribution is -0.660. The fraction of sp³-hybridized carbons (Fsp3) is 0.250. The van der Waals surface area contributed by atoms with Gasteiger partial charge in [0.1, 0.15) is 12.7 Å². The number of nitrogens with zero attached hydrogens (tertiary/aromatic N) is 3. The van der Waals surface area contributed by atoms with Gasteiger partial charge in [0.2, 0.25) is 5.69 Å². The molecule has 0 aliphatic rings. The van der Waals surface area contributed by atoms with Crippen LogP contribution in [0.1, 0.15) is 61.8 Å². The number of para-hydroxylation sites is 3. The van der Waals surface area contributed by atoms with E-state index in [0.29, 0.717) is 11.8 Å². The molecule has 2 aromatic heterocycles. The highest BCUT2D eigenvalue weighted by atomic mass is 15.2. The lowest BCUT2D eigenvalue weighted by atomic mass is 9.92. The van der Waals surface area contributed by atoms with E-state index >= 15 is 0 Å². The molecule has 4 aromatic carbocycles. The van der Waals surface area contributed by atoms with Gasteiger partial charge in [-0.05, 0) is 66.6 Å². The van der Waals surface area contributed by atoms with Crippen LogP contribution in [0.3, 0.4) is 0 Å². The van der Waals surface area contributed by atoms with Crippen LogP contribution in [-0.2, 0) is 14.1 Å².